The lowest BCUT2D eigenvalue weighted by atomic mass is 10.0. The summed E-state index contributed by atoms with van der Waals surface area (Å²) in [4.78, 5) is 10.9. The number of carbonyl (C=O) groups is 1. The summed E-state index contributed by atoms with van der Waals surface area (Å²) in [7, 11) is 0. The molecule has 2 rings (SSSR count). The summed E-state index contributed by atoms with van der Waals surface area (Å²) in [6.07, 6.45) is 0.0627. The third-order valence-electron chi connectivity index (χ3n) is 2.37. The zero-order valence-corrected chi connectivity index (χ0v) is 8.10. The fraction of sp³-hybridized carbons (Fsp3) is 0.0833. The van der Waals surface area contributed by atoms with Gasteiger partial charge in [0.1, 0.15) is 5.75 Å². The van der Waals surface area contributed by atoms with Gasteiger partial charge in [-0.15, -0.1) is 0 Å². The van der Waals surface area contributed by atoms with Gasteiger partial charge in [-0.05, 0) is 16.8 Å². The first-order chi connectivity index (χ1) is 7.18. The van der Waals surface area contributed by atoms with Gasteiger partial charge in [0.25, 0.3) is 0 Å². The van der Waals surface area contributed by atoms with E-state index in [0.717, 1.165) is 10.8 Å². The van der Waals surface area contributed by atoms with Crippen LogP contribution < -0.4 is 5.73 Å². The van der Waals surface area contributed by atoms with Gasteiger partial charge in [0.05, 0.1) is 6.42 Å². The van der Waals surface area contributed by atoms with Crippen molar-refractivity contribution in [1.82, 2.24) is 0 Å². The zero-order valence-electron chi connectivity index (χ0n) is 8.10. The quantitative estimate of drug-likeness (QED) is 0.774. The number of carbonyl (C=O) groups excluding carboxylic acids is 1. The van der Waals surface area contributed by atoms with Crippen LogP contribution in [0.15, 0.2) is 36.4 Å². The number of amides is 1. The maximum Gasteiger partial charge on any atom is 0.222 e. The van der Waals surface area contributed by atoms with Crippen LogP contribution in [0.5, 0.6) is 5.75 Å². The predicted molar refractivity (Wildman–Crippen MR) is 58.5 cm³/mol. The van der Waals surface area contributed by atoms with Crippen LogP contribution in [0.4, 0.5) is 0 Å². The second-order valence-corrected chi connectivity index (χ2v) is 3.43. The lowest BCUT2D eigenvalue weighted by Crippen LogP contribution is -2.13. The van der Waals surface area contributed by atoms with Gasteiger partial charge in [0.2, 0.25) is 5.91 Å². The van der Waals surface area contributed by atoms with E-state index in [2.05, 4.69) is 0 Å². The molecule has 0 fully saturated rings. The molecule has 0 saturated carbocycles. The van der Waals surface area contributed by atoms with Crippen LogP contribution in [0.1, 0.15) is 5.56 Å². The van der Waals surface area contributed by atoms with Crippen molar-refractivity contribution in [1.29, 1.82) is 0 Å². The molecule has 0 unspecified atom stereocenters. The van der Waals surface area contributed by atoms with Gasteiger partial charge < -0.3 is 10.8 Å². The fourth-order valence-electron chi connectivity index (χ4n) is 1.68. The maximum atomic E-state index is 10.9. The van der Waals surface area contributed by atoms with E-state index in [9.17, 15) is 9.90 Å². The van der Waals surface area contributed by atoms with Crippen LogP contribution >= 0.6 is 0 Å². The molecule has 3 heteroatoms. The lowest BCUT2D eigenvalue weighted by Gasteiger charge is -2.06. The average Bonchev–Trinajstić information content (AvgIpc) is 2.22. The third kappa shape index (κ3) is 1.76. The predicted octanol–water partition coefficient (Wildman–Crippen LogP) is 1.57. The number of primary amides is 1. The molecule has 0 aliphatic carbocycles. The normalized spacial score (nSPS) is 10.4. The van der Waals surface area contributed by atoms with Crippen molar-refractivity contribution in [3.63, 3.8) is 0 Å². The van der Waals surface area contributed by atoms with Gasteiger partial charge in [-0.3, -0.25) is 4.79 Å². The molecule has 0 aliphatic rings. The molecule has 0 radical (unpaired) electrons. The van der Waals surface area contributed by atoms with Crippen molar-refractivity contribution in [2.24, 2.45) is 5.73 Å². The number of hydrogen-bond acceptors (Lipinski definition) is 2. The Morgan fingerprint density at radius 1 is 1.20 bits per heavy atom. The second-order valence-electron chi connectivity index (χ2n) is 3.43. The van der Waals surface area contributed by atoms with Crippen LogP contribution in [-0.4, -0.2) is 11.0 Å². The molecule has 3 nitrogen and oxygen atoms in total. The highest BCUT2D eigenvalue weighted by Crippen LogP contribution is 2.27. The molecular weight excluding hydrogens is 190 g/mol. The van der Waals surface area contributed by atoms with Crippen LogP contribution in [0.25, 0.3) is 10.8 Å². The van der Waals surface area contributed by atoms with Gasteiger partial charge in [-0.25, -0.2) is 0 Å². The van der Waals surface area contributed by atoms with E-state index in [1.807, 2.05) is 30.3 Å². The van der Waals surface area contributed by atoms with Crippen molar-refractivity contribution in [3.8, 4) is 5.75 Å². The summed E-state index contributed by atoms with van der Waals surface area (Å²) in [6, 6.07) is 11.0. The molecule has 0 bridgehead atoms. The van der Waals surface area contributed by atoms with Gasteiger partial charge in [0.15, 0.2) is 0 Å². The molecule has 0 spiro atoms. The summed E-state index contributed by atoms with van der Waals surface area (Å²) in [5, 5.41) is 11.5. The molecule has 0 atom stereocenters. The molecule has 76 valence electrons. The monoisotopic (exact) mass is 201 g/mol. The number of hydrogen-bond donors (Lipinski definition) is 2. The van der Waals surface area contributed by atoms with E-state index < -0.39 is 5.91 Å². The minimum absolute atomic E-state index is 0.0627. The van der Waals surface area contributed by atoms with Gasteiger partial charge >= 0.3 is 0 Å². The van der Waals surface area contributed by atoms with Crippen molar-refractivity contribution in [2.75, 3.05) is 0 Å². The minimum atomic E-state index is -0.443. The van der Waals surface area contributed by atoms with Gasteiger partial charge in [0, 0.05) is 5.56 Å². The van der Waals surface area contributed by atoms with E-state index in [0.29, 0.717) is 5.56 Å². The van der Waals surface area contributed by atoms with Crippen LogP contribution in [-0.2, 0) is 11.2 Å². The van der Waals surface area contributed by atoms with Crippen molar-refractivity contribution in [2.45, 2.75) is 6.42 Å². The Kier molecular flexibility index (Phi) is 2.29. The molecule has 0 saturated heterocycles. The first-order valence-electron chi connectivity index (χ1n) is 4.66. The summed E-state index contributed by atoms with van der Waals surface area (Å²) < 4.78 is 0. The molecule has 1 amide bonds. The van der Waals surface area contributed by atoms with E-state index >= 15 is 0 Å². The Labute approximate surface area is 87.1 Å². The molecule has 2 aromatic rings. The van der Waals surface area contributed by atoms with E-state index in [-0.39, 0.29) is 12.2 Å². The Morgan fingerprint density at radius 3 is 2.67 bits per heavy atom. The highest BCUT2D eigenvalue weighted by molar-refractivity contribution is 5.91. The highest BCUT2D eigenvalue weighted by Gasteiger charge is 2.08. The summed E-state index contributed by atoms with van der Waals surface area (Å²) in [6.45, 7) is 0. The summed E-state index contributed by atoms with van der Waals surface area (Å²) in [5.41, 5.74) is 5.73. The van der Waals surface area contributed by atoms with E-state index in [1.165, 1.54) is 0 Å². The highest BCUT2D eigenvalue weighted by atomic mass is 16.3. The fourth-order valence-corrected chi connectivity index (χ4v) is 1.68. The van der Waals surface area contributed by atoms with Crippen molar-refractivity contribution >= 4 is 16.7 Å². The first-order valence-corrected chi connectivity index (χ1v) is 4.66. The van der Waals surface area contributed by atoms with Crippen molar-refractivity contribution in [3.05, 3.63) is 42.0 Å². The molecule has 0 heterocycles. The Bertz CT molecular complexity index is 520. The van der Waals surface area contributed by atoms with Gasteiger partial charge in [-0.2, -0.15) is 0 Å². The Morgan fingerprint density at radius 2 is 1.93 bits per heavy atom. The minimum Gasteiger partial charge on any atom is -0.508 e. The molecule has 3 N–H and O–H groups in total. The summed E-state index contributed by atoms with van der Waals surface area (Å²) >= 11 is 0. The molecule has 2 aromatic carbocycles. The third-order valence-corrected chi connectivity index (χ3v) is 2.37. The Hall–Kier alpha value is -2.03. The van der Waals surface area contributed by atoms with Crippen LogP contribution in [0.2, 0.25) is 0 Å². The molecular formula is C12H11NO2. The molecule has 0 aliphatic heterocycles. The zero-order chi connectivity index (χ0) is 10.8. The smallest absolute Gasteiger partial charge is 0.222 e. The number of phenols is 1. The van der Waals surface area contributed by atoms with E-state index in [1.54, 1.807) is 6.07 Å². The topological polar surface area (TPSA) is 63.3 Å². The largest absolute Gasteiger partial charge is 0.508 e. The SMILES string of the molecule is NC(=O)Cc1c(O)ccc2ccccc12. The number of fused-ring (bicyclic) bond motifs is 1. The maximum absolute atomic E-state index is 10.9. The first kappa shape index (κ1) is 9.52. The standard InChI is InChI=1S/C12H11NO2/c13-12(15)7-10-9-4-2-1-3-8(9)5-6-11(10)14/h1-6,14H,7H2,(H2,13,15). The number of rotatable bonds is 2. The van der Waals surface area contributed by atoms with E-state index in [4.69, 9.17) is 5.73 Å². The van der Waals surface area contributed by atoms with Gasteiger partial charge in [-0.1, -0.05) is 30.3 Å². The molecule has 15 heavy (non-hydrogen) atoms. The number of aromatic hydroxyl groups is 1. The Balaban J connectivity index is 2.68. The van der Waals surface area contributed by atoms with Crippen LogP contribution in [0.3, 0.4) is 0 Å². The second kappa shape index (κ2) is 3.61. The number of benzene rings is 2. The molecule has 0 aromatic heterocycles. The average molecular weight is 201 g/mol. The summed E-state index contributed by atoms with van der Waals surface area (Å²) in [5.74, 6) is -0.325. The van der Waals surface area contributed by atoms with Crippen molar-refractivity contribution < 1.29 is 9.90 Å². The number of phenolic OH excluding ortho intramolecular Hbond substituents is 1. The van der Waals surface area contributed by atoms with Crippen LogP contribution in [0, 0.1) is 0 Å². The lowest BCUT2D eigenvalue weighted by molar-refractivity contribution is -0.117. The number of nitrogens with two attached hydrogens (primary N) is 1.